The molecule has 0 fully saturated rings. The Bertz CT molecular complexity index is 332. The quantitative estimate of drug-likeness (QED) is 0.199. The maximum atomic E-state index is 11.6. The first-order chi connectivity index (χ1) is 12.1. The summed E-state index contributed by atoms with van der Waals surface area (Å²) in [5, 5.41) is 12.7. The number of aliphatic hydroxyl groups excluding tert-OH is 1. The molecule has 0 heterocycles. The number of aliphatic hydroxyl groups is 1. The van der Waals surface area contributed by atoms with Crippen LogP contribution in [0.3, 0.4) is 0 Å². The summed E-state index contributed by atoms with van der Waals surface area (Å²) in [6.07, 6.45) is 18.7. The molecule has 4 heteroatoms. The molecule has 148 valence electrons. The lowest BCUT2D eigenvalue weighted by Gasteiger charge is -2.10. The average molecular weight is 355 g/mol. The number of hydrogen-bond acceptors (Lipinski definition) is 3. The lowest BCUT2D eigenvalue weighted by molar-refractivity contribution is -0.121. The van der Waals surface area contributed by atoms with E-state index in [-0.39, 0.29) is 18.2 Å². The van der Waals surface area contributed by atoms with Crippen molar-refractivity contribution in [2.75, 3.05) is 0 Å². The Morgan fingerprint density at radius 1 is 1.00 bits per heavy atom. The van der Waals surface area contributed by atoms with Crippen LogP contribution in [-0.4, -0.2) is 23.3 Å². The van der Waals surface area contributed by atoms with Crippen molar-refractivity contribution >= 4 is 5.91 Å². The predicted molar refractivity (Wildman–Crippen MR) is 107 cm³/mol. The van der Waals surface area contributed by atoms with Crippen molar-refractivity contribution in [3.8, 4) is 0 Å². The van der Waals surface area contributed by atoms with Gasteiger partial charge in [-0.15, -0.1) is 0 Å². The summed E-state index contributed by atoms with van der Waals surface area (Å²) >= 11 is 0. The van der Waals surface area contributed by atoms with E-state index in [4.69, 9.17) is 5.73 Å². The van der Waals surface area contributed by atoms with E-state index in [9.17, 15) is 9.90 Å². The Morgan fingerprint density at radius 3 is 2.40 bits per heavy atom. The van der Waals surface area contributed by atoms with Crippen molar-refractivity contribution in [2.24, 2.45) is 5.73 Å². The van der Waals surface area contributed by atoms with Gasteiger partial charge in [0, 0.05) is 6.42 Å². The molecular weight excluding hydrogens is 312 g/mol. The van der Waals surface area contributed by atoms with E-state index in [0.717, 1.165) is 44.9 Å². The van der Waals surface area contributed by atoms with Crippen LogP contribution in [0, 0.1) is 0 Å². The van der Waals surface area contributed by atoms with E-state index in [1.54, 1.807) is 0 Å². The molecule has 0 aromatic heterocycles. The zero-order chi connectivity index (χ0) is 18.8. The molecule has 4 nitrogen and oxygen atoms in total. The maximum absolute atomic E-state index is 11.6. The summed E-state index contributed by atoms with van der Waals surface area (Å²) in [5.41, 5.74) is 5.68. The zero-order valence-electron chi connectivity index (χ0n) is 16.6. The molecule has 2 atom stereocenters. The summed E-state index contributed by atoms with van der Waals surface area (Å²) in [5.74, 6) is 0.0746. The largest absolute Gasteiger partial charge is 0.393 e. The number of nitrogens with two attached hydrogens (primary N) is 1. The van der Waals surface area contributed by atoms with Crippen molar-refractivity contribution in [3.63, 3.8) is 0 Å². The normalized spacial score (nSPS) is 13.9. The first kappa shape index (κ1) is 24.1. The Hall–Kier alpha value is -0.870. The number of rotatable bonds is 17. The zero-order valence-corrected chi connectivity index (χ0v) is 16.6. The third-order valence-corrected chi connectivity index (χ3v) is 4.53. The first-order valence-corrected chi connectivity index (χ1v) is 10.5. The van der Waals surface area contributed by atoms with Gasteiger partial charge in [0.1, 0.15) is 0 Å². The second-order valence-electron chi connectivity index (χ2n) is 7.10. The second-order valence-corrected chi connectivity index (χ2v) is 7.10. The van der Waals surface area contributed by atoms with Gasteiger partial charge in [0.2, 0.25) is 5.91 Å². The van der Waals surface area contributed by atoms with Crippen LogP contribution in [0.25, 0.3) is 0 Å². The molecule has 0 spiro atoms. The molecule has 0 saturated heterocycles. The van der Waals surface area contributed by atoms with E-state index in [0.29, 0.717) is 6.42 Å². The smallest absolute Gasteiger partial charge is 0.221 e. The summed E-state index contributed by atoms with van der Waals surface area (Å²) in [6, 6.07) is 0. The molecule has 1 unspecified atom stereocenters. The molecule has 0 saturated carbocycles. The highest BCUT2D eigenvalue weighted by Crippen LogP contribution is 2.10. The van der Waals surface area contributed by atoms with Gasteiger partial charge in [-0.1, -0.05) is 70.9 Å². The fourth-order valence-electron chi connectivity index (χ4n) is 2.75. The minimum absolute atomic E-state index is 0.0746. The highest BCUT2D eigenvalue weighted by molar-refractivity contribution is 5.76. The SMILES string of the molecule is CCCCCC[C@@H](O)C/C=C\CCCCCCCC(=O)NC(N)CC. The summed E-state index contributed by atoms with van der Waals surface area (Å²) < 4.78 is 0. The molecule has 0 bridgehead atoms. The lowest BCUT2D eigenvalue weighted by atomic mass is 10.1. The number of unbranched alkanes of at least 4 members (excludes halogenated alkanes) is 8. The fraction of sp³-hybridized carbons (Fsp3) is 0.857. The minimum Gasteiger partial charge on any atom is -0.393 e. The fourth-order valence-corrected chi connectivity index (χ4v) is 2.75. The van der Waals surface area contributed by atoms with Crippen molar-refractivity contribution in [1.82, 2.24) is 5.32 Å². The van der Waals surface area contributed by atoms with Crippen LogP contribution < -0.4 is 11.1 Å². The van der Waals surface area contributed by atoms with Gasteiger partial charge in [-0.3, -0.25) is 4.79 Å². The second kappa shape index (κ2) is 17.9. The van der Waals surface area contributed by atoms with Gasteiger partial charge >= 0.3 is 0 Å². The molecule has 0 aliphatic heterocycles. The minimum atomic E-state index is -0.200. The molecule has 0 aromatic carbocycles. The lowest BCUT2D eigenvalue weighted by Crippen LogP contribution is -2.40. The summed E-state index contributed by atoms with van der Waals surface area (Å²) in [6.45, 7) is 4.17. The molecule has 1 amide bonds. The van der Waals surface area contributed by atoms with Gasteiger partial charge in [-0.25, -0.2) is 0 Å². The van der Waals surface area contributed by atoms with Gasteiger partial charge in [0.05, 0.1) is 12.3 Å². The Labute approximate surface area is 155 Å². The van der Waals surface area contributed by atoms with Gasteiger partial charge in [-0.05, 0) is 38.5 Å². The van der Waals surface area contributed by atoms with Crippen LogP contribution in [0.2, 0.25) is 0 Å². The Morgan fingerprint density at radius 2 is 1.68 bits per heavy atom. The van der Waals surface area contributed by atoms with E-state index < -0.39 is 0 Å². The predicted octanol–water partition coefficient (Wildman–Crippen LogP) is 4.81. The number of carbonyl (C=O) groups is 1. The topological polar surface area (TPSA) is 75.3 Å². The number of nitrogens with one attached hydrogen (secondary N) is 1. The molecular formula is C21H42N2O2. The van der Waals surface area contributed by atoms with E-state index in [1.165, 1.54) is 38.5 Å². The van der Waals surface area contributed by atoms with Gasteiger partial charge < -0.3 is 16.2 Å². The van der Waals surface area contributed by atoms with E-state index >= 15 is 0 Å². The van der Waals surface area contributed by atoms with Crippen LogP contribution >= 0.6 is 0 Å². The monoisotopic (exact) mass is 354 g/mol. The molecule has 0 aromatic rings. The number of amides is 1. The average Bonchev–Trinajstić information content (AvgIpc) is 2.60. The van der Waals surface area contributed by atoms with Crippen LogP contribution in [-0.2, 0) is 4.79 Å². The molecule has 4 N–H and O–H groups in total. The van der Waals surface area contributed by atoms with Gasteiger partial charge in [0.15, 0.2) is 0 Å². The maximum Gasteiger partial charge on any atom is 0.221 e. The van der Waals surface area contributed by atoms with Crippen molar-refractivity contribution in [1.29, 1.82) is 0 Å². The van der Waals surface area contributed by atoms with E-state index in [1.807, 2.05) is 6.92 Å². The number of allylic oxidation sites excluding steroid dienone is 1. The van der Waals surface area contributed by atoms with Crippen LogP contribution in [0.1, 0.15) is 104 Å². The summed E-state index contributed by atoms with van der Waals surface area (Å²) in [4.78, 5) is 11.6. The van der Waals surface area contributed by atoms with E-state index in [2.05, 4.69) is 24.4 Å². The third kappa shape index (κ3) is 17.7. The highest BCUT2D eigenvalue weighted by atomic mass is 16.3. The van der Waals surface area contributed by atoms with Crippen molar-refractivity contribution in [2.45, 2.75) is 116 Å². The number of carbonyl (C=O) groups excluding carboxylic acids is 1. The Balaban J connectivity index is 3.36. The molecule has 0 rings (SSSR count). The van der Waals surface area contributed by atoms with Crippen LogP contribution in [0.5, 0.6) is 0 Å². The van der Waals surface area contributed by atoms with Crippen molar-refractivity contribution in [3.05, 3.63) is 12.2 Å². The van der Waals surface area contributed by atoms with Gasteiger partial charge in [0.25, 0.3) is 0 Å². The molecule has 0 aliphatic carbocycles. The number of hydrogen-bond donors (Lipinski definition) is 3. The molecule has 25 heavy (non-hydrogen) atoms. The third-order valence-electron chi connectivity index (χ3n) is 4.53. The Kier molecular flexibility index (Phi) is 17.3. The highest BCUT2D eigenvalue weighted by Gasteiger charge is 2.04. The van der Waals surface area contributed by atoms with Crippen LogP contribution in [0.15, 0.2) is 12.2 Å². The van der Waals surface area contributed by atoms with Crippen LogP contribution in [0.4, 0.5) is 0 Å². The first-order valence-electron chi connectivity index (χ1n) is 10.5. The molecule has 0 aliphatic rings. The van der Waals surface area contributed by atoms with Crippen molar-refractivity contribution < 1.29 is 9.90 Å². The molecule has 0 radical (unpaired) electrons. The standard InChI is InChI=1S/C21H42N2O2/c1-3-5-6-13-16-19(24)17-14-11-9-7-8-10-12-15-18-21(25)23-20(22)4-2/h11,14,19-20,24H,3-10,12-13,15-18,22H2,1-2H3,(H,23,25)/b14-11-/t19-,20?/m1/s1. The summed E-state index contributed by atoms with van der Waals surface area (Å²) in [7, 11) is 0. The van der Waals surface area contributed by atoms with Gasteiger partial charge in [-0.2, -0.15) is 0 Å².